The van der Waals surface area contributed by atoms with E-state index < -0.39 is 5.97 Å². The van der Waals surface area contributed by atoms with E-state index >= 15 is 0 Å². The lowest BCUT2D eigenvalue weighted by atomic mass is 10.3. The summed E-state index contributed by atoms with van der Waals surface area (Å²) < 4.78 is 11.7. The molecule has 0 atom stereocenters. The van der Waals surface area contributed by atoms with Crippen molar-refractivity contribution in [1.82, 2.24) is 0 Å². The second-order valence-corrected chi connectivity index (χ2v) is 4.59. The number of rotatable bonds is 4. The first kappa shape index (κ1) is 13.3. The summed E-state index contributed by atoms with van der Waals surface area (Å²) in [6.07, 6.45) is 0. The van der Waals surface area contributed by atoms with Crippen LogP contribution in [0.3, 0.4) is 0 Å². The Hall–Kier alpha value is -0.810. The molecule has 3 nitrogen and oxygen atoms in total. The van der Waals surface area contributed by atoms with E-state index in [1.54, 1.807) is 19.1 Å². The summed E-state index contributed by atoms with van der Waals surface area (Å²) in [5, 5.41) is 0. The first-order chi connectivity index (χ1) is 7.54. The predicted molar refractivity (Wildman–Crippen MR) is 68.2 cm³/mol. The van der Waals surface area contributed by atoms with Gasteiger partial charge in [0.05, 0.1) is 11.1 Å². The fourth-order valence-electron chi connectivity index (χ4n) is 0.944. The van der Waals surface area contributed by atoms with Crippen molar-refractivity contribution in [2.45, 2.75) is 6.92 Å². The molecule has 86 valence electrons. The van der Waals surface area contributed by atoms with Gasteiger partial charge in [0.1, 0.15) is 5.75 Å². The van der Waals surface area contributed by atoms with Gasteiger partial charge < -0.3 is 9.47 Å². The number of halogens is 2. The van der Waals surface area contributed by atoms with Gasteiger partial charge in [0.15, 0.2) is 0 Å². The largest absolute Gasteiger partial charge is 0.460 e. The molecule has 0 saturated carbocycles. The van der Waals surface area contributed by atoms with Crippen molar-refractivity contribution in [3.63, 3.8) is 0 Å². The molecule has 0 amide bonds. The zero-order valence-electron chi connectivity index (χ0n) is 8.63. The van der Waals surface area contributed by atoms with Crippen LogP contribution in [0, 0.1) is 0 Å². The van der Waals surface area contributed by atoms with Gasteiger partial charge in [0, 0.05) is 4.47 Å². The van der Waals surface area contributed by atoms with Crippen LogP contribution in [0.15, 0.2) is 39.5 Å². The SMILES string of the molecule is C=C(Oc1ccc(Br)cc1Br)C(=O)OCC. The molecule has 0 aliphatic rings. The van der Waals surface area contributed by atoms with Gasteiger partial charge >= 0.3 is 5.97 Å². The summed E-state index contributed by atoms with van der Waals surface area (Å²) in [4.78, 5) is 11.3. The highest BCUT2D eigenvalue weighted by Crippen LogP contribution is 2.29. The van der Waals surface area contributed by atoms with Gasteiger partial charge in [-0.1, -0.05) is 15.9 Å². The smallest absolute Gasteiger partial charge is 0.373 e. The van der Waals surface area contributed by atoms with E-state index in [0.29, 0.717) is 12.4 Å². The number of ether oxygens (including phenoxy) is 2. The van der Waals surface area contributed by atoms with E-state index in [2.05, 4.69) is 38.4 Å². The maximum atomic E-state index is 11.3. The van der Waals surface area contributed by atoms with Crippen LogP contribution in [-0.2, 0) is 9.53 Å². The summed E-state index contributed by atoms with van der Waals surface area (Å²) in [6, 6.07) is 5.34. The van der Waals surface area contributed by atoms with Gasteiger partial charge in [-0.05, 0) is 47.6 Å². The minimum atomic E-state index is -0.558. The van der Waals surface area contributed by atoms with Gasteiger partial charge in [0.25, 0.3) is 0 Å². The highest BCUT2D eigenvalue weighted by molar-refractivity contribution is 9.11. The third-order valence-electron chi connectivity index (χ3n) is 1.63. The van der Waals surface area contributed by atoms with Crippen molar-refractivity contribution < 1.29 is 14.3 Å². The fraction of sp³-hybridized carbons (Fsp3) is 0.182. The van der Waals surface area contributed by atoms with E-state index in [9.17, 15) is 4.79 Å². The van der Waals surface area contributed by atoms with Crippen LogP contribution in [0.1, 0.15) is 6.92 Å². The van der Waals surface area contributed by atoms with Gasteiger partial charge in [-0.3, -0.25) is 0 Å². The Morgan fingerprint density at radius 1 is 1.44 bits per heavy atom. The van der Waals surface area contributed by atoms with Crippen LogP contribution in [0.4, 0.5) is 0 Å². The van der Waals surface area contributed by atoms with Crippen LogP contribution in [0.25, 0.3) is 0 Å². The molecule has 0 bridgehead atoms. The van der Waals surface area contributed by atoms with Crippen molar-refractivity contribution in [2.75, 3.05) is 6.61 Å². The molecule has 0 heterocycles. The molecule has 0 aromatic heterocycles. The maximum absolute atomic E-state index is 11.3. The highest BCUT2D eigenvalue weighted by atomic mass is 79.9. The second kappa shape index (κ2) is 6.06. The Morgan fingerprint density at radius 3 is 2.69 bits per heavy atom. The van der Waals surface area contributed by atoms with Crippen LogP contribution >= 0.6 is 31.9 Å². The standard InChI is InChI=1S/C11H10Br2O3/c1-3-15-11(14)7(2)16-10-5-4-8(12)6-9(10)13/h4-6H,2-3H2,1H3. The third kappa shape index (κ3) is 3.64. The van der Waals surface area contributed by atoms with E-state index in [-0.39, 0.29) is 5.76 Å². The molecule has 0 N–H and O–H groups in total. The number of hydrogen-bond acceptors (Lipinski definition) is 3. The van der Waals surface area contributed by atoms with E-state index in [1.165, 1.54) is 0 Å². The van der Waals surface area contributed by atoms with Gasteiger partial charge in [-0.25, -0.2) is 4.79 Å². The highest BCUT2D eigenvalue weighted by Gasteiger charge is 2.12. The fourth-order valence-corrected chi connectivity index (χ4v) is 2.07. The van der Waals surface area contributed by atoms with Crippen LogP contribution < -0.4 is 4.74 Å². The minimum absolute atomic E-state index is 0.0372. The second-order valence-electron chi connectivity index (χ2n) is 2.82. The summed E-state index contributed by atoms with van der Waals surface area (Å²) in [6.45, 7) is 5.52. The Bertz CT molecular complexity index is 416. The monoisotopic (exact) mass is 348 g/mol. The van der Waals surface area contributed by atoms with Crippen LogP contribution in [0.2, 0.25) is 0 Å². The van der Waals surface area contributed by atoms with E-state index in [4.69, 9.17) is 9.47 Å². The molecular formula is C11H10Br2O3. The van der Waals surface area contributed by atoms with Crippen molar-refractivity contribution in [3.05, 3.63) is 39.5 Å². The molecular weight excluding hydrogens is 340 g/mol. The molecule has 5 heteroatoms. The molecule has 0 saturated heterocycles. The molecule has 0 spiro atoms. The molecule has 0 radical (unpaired) electrons. The molecule has 0 aliphatic heterocycles. The van der Waals surface area contributed by atoms with Gasteiger partial charge in [-0.2, -0.15) is 0 Å². The van der Waals surface area contributed by atoms with Crippen molar-refractivity contribution >= 4 is 37.8 Å². The predicted octanol–water partition coefficient (Wildman–Crippen LogP) is 3.67. The lowest BCUT2D eigenvalue weighted by molar-refractivity contribution is -0.140. The van der Waals surface area contributed by atoms with Gasteiger partial charge in [0.2, 0.25) is 5.76 Å². The number of esters is 1. The minimum Gasteiger partial charge on any atom is -0.460 e. The summed E-state index contributed by atoms with van der Waals surface area (Å²) in [5.74, 6) is -0.0801. The van der Waals surface area contributed by atoms with Gasteiger partial charge in [-0.15, -0.1) is 0 Å². The third-order valence-corrected chi connectivity index (χ3v) is 2.74. The number of hydrogen-bond donors (Lipinski definition) is 0. The Labute approximate surface area is 111 Å². The molecule has 0 fully saturated rings. The average molecular weight is 350 g/mol. The quantitative estimate of drug-likeness (QED) is 0.472. The first-order valence-corrected chi connectivity index (χ1v) is 6.12. The number of carbonyl (C=O) groups excluding carboxylic acids is 1. The molecule has 1 aromatic rings. The van der Waals surface area contributed by atoms with E-state index in [0.717, 1.165) is 8.95 Å². The summed E-state index contributed by atoms with van der Waals surface area (Å²) in [7, 11) is 0. The average Bonchev–Trinajstić information content (AvgIpc) is 2.22. The summed E-state index contributed by atoms with van der Waals surface area (Å²) >= 11 is 6.63. The molecule has 0 unspecified atom stereocenters. The van der Waals surface area contributed by atoms with Crippen molar-refractivity contribution in [2.24, 2.45) is 0 Å². The normalized spacial score (nSPS) is 9.69. The maximum Gasteiger partial charge on any atom is 0.373 e. The van der Waals surface area contributed by atoms with Crippen LogP contribution in [0.5, 0.6) is 5.75 Å². The first-order valence-electron chi connectivity index (χ1n) is 4.53. The topological polar surface area (TPSA) is 35.5 Å². The number of carbonyl (C=O) groups is 1. The van der Waals surface area contributed by atoms with Crippen molar-refractivity contribution in [3.8, 4) is 5.75 Å². The Morgan fingerprint density at radius 2 is 2.12 bits per heavy atom. The molecule has 16 heavy (non-hydrogen) atoms. The Balaban J connectivity index is 2.73. The lowest BCUT2D eigenvalue weighted by Crippen LogP contribution is -2.11. The lowest BCUT2D eigenvalue weighted by Gasteiger charge is -2.09. The molecule has 1 aromatic carbocycles. The number of benzene rings is 1. The van der Waals surface area contributed by atoms with Crippen molar-refractivity contribution in [1.29, 1.82) is 0 Å². The molecule has 0 aliphatic carbocycles. The summed E-state index contributed by atoms with van der Waals surface area (Å²) in [5.41, 5.74) is 0. The van der Waals surface area contributed by atoms with Crippen LogP contribution in [-0.4, -0.2) is 12.6 Å². The zero-order valence-corrected chi connectivity index (χ0v) is 11.8. The van der Waals surface area contributed by atoms with E-state index in [1.807, 2.05) is 6.07 Å². The zero-order chi connectivity index (χ0) is 12.1. The Kier molecular flexibility index (Phi) is 5.02. The molecule has 1 rings (SSSR count).